The minimum atomic E-state index is 0.481. The van der Waals surface area contributed by atoms with E-state index in [0.717, 1.165) is 30.7 Å². The van der Waals surface area contributed by atoms with Crippen LogP contribution in [0.2, 0.25) is 0 Å². The lowest BCUT2D eigenvalue weighted by molar-refractivity contribution is -0.00533. The predicted molar refractivity (Wildman–Crippen MR) is 84.1 cm³/mol. The van der Waals surface area contributed by atoms with Gasteiger partial charge in [0, 0.05) is 16.8 Å². The van der Waals surface area contributed by atoms with E-state index in [9.17, 15) is 0 Å². The van der Waals surface area contributed by atoms with Crippen LogP contribution >= 0.6 is 11.3 Å². The summed E-state index contributed by atoms with van der Waals surface area (Å²) in [6, 6.07) is 0. The maximum absolute atomic E-state index is 5.12. The molecule has 1 heterocycles. The van der Waals surface area contributed by atoms with Crippen LogP contribution in [0.5, 0.6) is 0 Å². The second-order valence-electron chi connectivity index (χ2n) is 7.47. The molecule has 0 atom stereocenters. The van der Waals surface area contributed by atoms with E-state index in [-0.39, 0.29) is 0 Å². The van der Waals surface area contributed by atoms with Crippen LogP contribution in [0.3, 0.4) is 0 Å². The minimum Gasteiger partial charge on any atom is -0.315 e. The van der Waals surface area contributed by atoms with Crippen LogP contribution in [-0.2, 0) is 18.4 Å². The molecule has 4 aliphatic rings. The number of nitrogens with zero attached hydrogens (tertiary/aromatic N) is 1. The third-order valence-corrected chi connectivity index (χ3v) is 7.29. The summed E-state index contributed by atoms with van der Waals surface area (Å²) in [5, 5.41) is 4.82. The third-order valence-electron chi connectivity index (χ3n) is 5.94. The van der Waals surface area contributed by atoms with Gasteiger partial charge in [0.15, 0.2) is 0 Å². The van der Waals surface area contributed by atoms with Crippen molar-refractivity contribution in [2.75, 3.05) is 7.05 Å². The molecule has 3 heteroatoms. The van der Waals surface area contributed by atoms with E-state index < -0.39 is 0 Å². The lowest BCUT2D eigenvalue weighted by atomic mass is 9.50. The molecule has 0 amide bonds. The van der Waals surface area contributed by atoms with Gasteiger partial charge in [0.1, 0.15) is 0 Å². The van der Waals surface area contributed by atoms with Gasteiger partial charge in [-0.25, -0.2) is 4.98 Å². The first-order valence-corrected chi connectivity index (χ1v) is 9.17. The maximum atomic E-state index is 5.12. The first-order valence-electron chi connectivity index (χ1n) is 8.36. The highest BCUT2D eigenvalue weighted by molar-refractivity contribution is 7.11. The first kappa shape index (κ1) is 13.3. The molecule has 1 N–H and O–H groups in total. The highest BCUT2D eigenvalue weighted by atomic mass is 32.1. The molecule has 5 rings (SSSR count). The summed E-state index contributed by atoms with van der Waals surface area (Å²) < 4.78 is 0. The molecule has 4 saturated carbocycles. The summed E-state index contributed by atoms with van der Waals surface area (Å²) in [7, 11) is 2.05. The number of thiazole rings is 1. The van der Waals surface area contributed by atoms with E-state index >= 15 is 0 Å². The van der Waals surface area contributed by atoms with Crippen molar-refractivity contribution in [3.8, 4) is 0 Å². The summed E-state index contributed by atoms with van der Waals surface area (Å²) in [6.45, 7) is 3.24. The molecule has 4 aliphatic carbocycles. The Balaban J connectivity index is 1.69. The third kappa shape index (κ3) is 1.97. The number of rotatable bonds is 4. The van der Waals surface area contributed by atoms with Crippen molar-refractivity contribution >= 4 is 11.3 Å². The minimum absolute atomic E-state index is 0.481. The van der Waals surface area contributed by atoms with Gasteiger partial charge in [-0.05, 0) is 69.7 Å². The Morgan fingerprint density at radius 2 is 1.75 bits per heavy atom. The largest absolute Gasteiger partial charge is 0.315 e. The molecule has 0 spiro atoms. The van der Waals surface area contributed by atoms with Crippen LogP contribution in [0.4, 0.5) is 0 Å². The number of hydrogen-bond acceptors (Lipinski definition) is 3. The van der Waals surface area contributed by atoms with Gasteiger partial charge in [-0.1, -0.05) is 6.92 Å². The summed E-state index contributed by atoms with van der Waals surface area (Å²) in [5.74, 6) is 3.05. The Labute approximate surface area is 126 Å². The molecule has 0 radical (unpaired) electrons. The fourth-order valence-corrected chi connectivity index (χ4v) is 6.94. The summed E-state index contributed by atoms with van der Waals surface area (Å²) in [6.07, 6.45) is 9.97. The lowest BCUT2D eigenvalue weighted by Gasteiger charge is -2.56. The molecule has 1 aromatic rings. The second kappa shape index (κ2) is 4.81. The number of nitrogens with one attached hydrogen (secondary N) is 1. The fourth-order valence-electron chi connectivity index (χ4n) is 5.56. The first-order chi connectivity index (χ1) is 9.72. The Hall–Kier alpha value is -0.410. The van der Waals surface area contributed by atoms with Gasteiger partial charge >= 0.3 is 0 Å². The molecule has 0 aromatic carbocycles. The predicted octanol–water partition coefficient (Wildman–Crippen LogP) is 3.89. The average molecular weight is 290 g/mol. The van der Waals surface area contributed by atoms with Gasteiger partial charge < -0.3 is 5.32 Å². The Bertz CT molecular complexity index is 470. The molecular formula is C17H26N2S. The smallest absolute Gasteiger partial charge is 0.0993 e. The van der Waals surface area contributed by atoms with Crippen molar-refractivity contribution in [2.24, 2.45) is 17.8 Å². The molecule has 0 saturated heterocycles. The molecular weight excluding hydrogens is 264 g/mol. The van der Waals surface area contributed by atoms with Gasteiger partial charge in [-0.3, -0.25) is 0 Å². The summed E-state index contributed by atoms with van der Waals surface area (Å²) in [5.41, 5.74) is 1.84. The van der Waals surface area contributed by atoms with E-state index in [1.165, 1.54) is 54.1 Å². The van der Waals surface area contributed by atoms with E-state index in [1.54, 1.807) is 0 Å². The SMILES string of the molecule is CCc1nc(C23CC4CC(CC(C4)C2)C3)sc1CNC. The quantitative estimate of drug-likeness (QED) is 0.910. The van der Waals surface area contributed by atoms with Crippen LogP contribution in [0.1, 0.15) is 61.0 Å². The molecule has 110 valence electrons. The van der Waals surface area contributed by atoms with Crippen LogP contribution in [0, 0.1) is 17.8 Å². The van der Waals surface area contributed by atoms with Crippen molar-refractivity contribution in [1.82, 2.24) is 10.3 Å². The van der Waals surface area contributed by atoms with Gasteiger partial charge in [-0.15, -0.1) is 11.3 Å². The topological polar surface area (TPSA) is 24.9 Å². The maximum Gasteiger partial charge on any atom is 0.0993 e. The van der Waals surface area contributed by atoms with Gasteiger partial charge in [0.25, 0.3) is 0 Å². The number of aromatic nitrogens is 1. The monoisotopic (exact) mass is 290 g/mol. The lowest BCUT2D eigenvalue weighted by Crippen LogP contribution is -2.48. The van der Waals surface area contributed by atoms with E-state index in [1.807, 2.05) is 18.4 Å². The van der Waals surface area contributed by atoms with Crippen LogP contribution in [-0.4, -0.2) is 12.0 Å². The molecule has 1 aromatic heterocycles. The highest BCUT2D eigenvalue weighted by Crippen LogP contribution is 2.61. The zero-order valence-electron chi connectivity index (χ0n) is 12.7. The van der Waals surface area contributed by atoms with Crippen LogP contribution in [0.25, 0.3) is 0 Å². The van der Waals surface area contributed by atoms with Gasteiger partial charge in [0.2, 0.25) is 0 Å². The molecule has 4 fully saturated rings. The van der Waals surface area contributed by atoms with Crippen molar-refractivity contribution in [3.63, 3.8) is 0 Å². The average Bonchev–Trinajstić information content (AvgIpc) is 2.81. The Morgan fingerprint density at radius 1 is 1.15 bits per heavy atom. The highest BCUT2D eigenvalue weighted by Gasteiger charge is 2.53. The normalized spacial score (nSPS) is 38.6. The Kier molecular flexibility index (Phi) is 3.19. The zero-order valence-corrected chi connectivity index (χ0v) is 13.6. The van der Waals surface area contributed by atoms with E-state index in [2.05, 4.69) is 12.2 Å². The summed E-state index contributed by atoms with van der Waals surface area (Å²) >= 11 is 2.02. The van der Waals surface area contributed by atoms with Gasteiger partial charge in [0.05, 0.1) is 10.7 Å². The molecule has 0 aliphatic heterocycles. The van der Waals surface area contributed by atoms with Crippen molar-refractivity contribution in [3.05, 3.63) is 15.6 Å². The number of hydrogen-bond donors (Lipinski definition) is 1. The zero-order chi connectivity index (χ0) is 13.7. The standard InChI is InChI=1S/C17H26N2S/c1-3-14-15(10-18-2)20-16(19-14)17-7-11-4-12(8-17)6-13(5-11)9-17/h11-13,18H,3-10H2,1-2H3. The van der Waals surface area contributed by atoms with Crippen molar-refractivity contribution < 1.29 is 0 Å². The summed E-state index contributed by atoms with van der Waals surface area (Å²) in [4.78, 5) is 6.60. The van der Waals surface area contributed by atoms with Crippen molar-refractivity contribution in [2.45, 2.75) is 63.8 Å². The van der Waals surface area contributed by atoms with Crippen molar-refractivity contribution in [1.29, 1.82) is 0 Å². The Morgan fingerprint density at radius 3 is 2.25 bits per heavy atom. The van der Waals surface area contributed by atoms with Crippen LogP contribution in [0.15, 0.2) is 0 Å². The van der Waals surface area contributed by atoms with Crippen LogP contribution < -0.4 is 5.32 Å². The molecule has 0 unspecified atom stereocenters. The molecule has 4 bridgehead atoms. The van der Waals surface area contributed by atoms with E-state index in [0.29, 0.717) is 5.41 Å². The second-order valence-corrected chi connectivity index (χ2v) is 8.55. The van der Waals surface area contributed by atoms with Gasteiger partial charge in [-0.2, -0.15) is 0 Å². The fraction of sp³-hybridized carbons (Fsp3) is 0.824. The molecule has 2 nitrogen and oxygen atoms in total. The number of aryl methyl sites for hydroxylation is 1. The van der Waals surface area contributed by atoms with E-state index in [4.69, 9.17) is 4.98 Å². The molecule has 20 heavy (non-hydrogen) atoms.